The molecule has 0 saturated carbocycles. The van der Waals surface area contributed by atoms with Gasteiger partial charge in [-0.3, -0.25) is 0 Å². The highest BCUT2D eigenvalue weighted by Crippen LogP contribution is 2.35. The summed E-state index contributed by atoms with van der Waals surface area (Å²) in [6.45, 7) is 2.90. The molecule has 1 N–H and O–H groups in total. The lowest BCUT2D eigenvalue weighted by Crippen LogP contribution is -2.27. The van der Waals surface area contributed by atoms with E-state index in [1.54, 1.807) is 11.3 Å². The Balaban J connectivity index is 1.67. The number of nitrogens with zero attached hydrogens (tertiary/aromatic N) is 1. The van der Waals surface area contributed by atoms with E-state index in [1.165, 1.54) is 0 Å². The van der Waals surface area contributed by atoms with Crippen molar-refractivity contribution in [2.75, 3.05) is 11.9 Å². The van der Waals surface area contributed by atoms with Crippen LogP contribution in [0, 0.1) is 0 Å². The maximum absolute atomic E-state index is 5.82. The molecule has 2 heterocycles. The van der Waals surface area contributed by atoms with Gasteiger partial charge in [0.15, 0.2) is 0 Å². The molecule has 0 radical (unpaired) electrons. The summed E-state index contributed by atoms with van der Waals surface area (Å²) in [6.07, 6.45) is 0.210. The molecule has 4 heteroatoms. The second-order valence-corrected chi connectivity index (χ2v) is 6.28. The predicted molar refractivity (Wildman–Crippen MR) is 91.6 cm³/mol. The fourth-order valence-electron chi connectivity index (χ4n) is 2.56. The van der Waals surface area contributed by atoms with E-state index in [9.17, 15) is 0 Å². The van der Waals surface area contributed by atoms with Gasteiger partial charge in [0.05, 0.1) is 17.9 Å². The fourth-order valence-corrected chi connectivity index (χ4v) is 3.40. The van der Waals surface area contributed by atoms with Gasteiger partial charge in [-0.15, -0.1) is 11.3 Å². The third-order valence-corrected chi connectivity index (χ3v) is 4.60. The molecule has 0 aliphatic carbocycles. The van der Waals surface area contributed by atoms with E-state index in [2.05, 4.69) is 41.9 Å². The summed E-state index contributed by atoms with van der Waals surface area (Å²) in [5.41, 5.74) is 4.33. The van der Waals surface area contributed by atoms with Gasteiger partial charge in [0, 0.05) is 16.5 Å². The van der Waals surface area contributed by atoms with Crippen LogP contribution in [0.15, 0.2) is 53.9 Å². The highest BCUT2D eigenvalue weighted by molar-refractivity contribution is 7.13. The summed E-state index contributed by atoms with van der Waals surface area (Å²) in [6, 6.07) is 16.5. The van der Waals surface area contributed by atoms with Gasteiger partial charge >= 0.3 is 0 Å². The minimum Gasteiger partial charge on any atom is -0.487 e. The van der Waals surface area contributed by atoms with Crippen LogP contribution in [0.25, 0.3) is 21.8 Å². The SMILES string of the molecule is CC1CNc2cc(-c3csc(-c4ccccc4)n3)ccc2O1. The van der Waals surface area contributed by atoms with Crippen molar-refractivity contribution in [2.24, 2.45) is 0 Å². The smallest absolute Gasteiger partial charge is 0.142 e. The van der Waals surface area contributed by atoms with E-state index in [0.29, 0.717) is 0 Å². The zero-order valence-electron chi connectivity index (χ0n) is 12.2. The largest absolute Gasteiger partial charge is 0.487 e. The molecular weight excluding hydrogens is 292 g/mol. The first-order valence-corrected chi connectivity index (χ1v) is 8.23. The molecule has 4 rings (SSSR count). The average Bonchev–Trinajstić information content (AvgIpc) is 3.05. The first kappa shape index (κ1) is 13.3. The molecule has 110 valence electrons. The molecule has 1 aliphatic rings. The summed E-state index contributed by atoms with van der Waals surface area (Å²) in [4.78, 5) is 4.76. The van der Waals surface area contributed by atoms with E-state index in [4.69, 9.17) is 9.72 Å². The van der Waals surface area contributed by atoms with Crippen molar-refractivity contribution in [2.45, 2.75) is 13.0 Å². The van der Waals surface area contributed by atoms with E-state index < -0.39 is 0 Å². The van der Waals surface area contributed by atoms with E-state index in [0.717, 1.165) is 39.8 Å². The van der Waals surface area contributed by atoms with Crippen LogP contribution in [0.2, 0.25) is 0 Å². The minimum absolute atomic E-state index is 0.210. The summed E-state index contributed by atoms with van der Waals surface area (Å²) in [7, 11) is 0. The van der Waals surface area contributed by atoms with Crippen LogP contribution >= 0.6 is 11.3 Å². The zero-order chi connectivity index (χ0) is 14.9. The molecule has 0 spiro atoms. The number of hydrogen-bond acceptors (Lipinski definition) is 4. The molecule has 1 aliphatic heterocycles. The fraction of sp³-hybridized carbons (Fsp3) is 0.167. The molecule has 0 amide bonds. The topological polar surface area (TPSA) is 34.2 Å². The van der Waals surface area contributed by atoms with Crippen LogP contribution in [0.1, 0.15) is 6.92 Å². The van der Waals surface area contributed by atoms with Crippen molar-refractivity contribution >= 4 is 17.0 Å². The van der Waals surface area contributed by atoms with Gasteiger partial charge in [-0.05, 0) is 25.1 Å². The maximum Gasteiger partial charge on any atom is 0.142 e. The molecule has 1 unspecified atom stereocenters. The Morgan fingerprint density at radius 2 is 2.00 bits per heavy atom. The number of rotatable bonds is 2. The van der Waals surface area contributed by atoms with E-state index >= 15 is 0 Å². The predicted octanol–water partition coefficient (Wildman–Crippen LogP) is 4.67. The van der Waals surface area contributed by atoms with E-state index in [-0.39, 0.29) is 6.10 Å². The second kappa shape index (κ2) is 5.46. The second-order valence-electron chi connectivity index (χ2n) is 5.42. The van der Waals surface area contributed by atoms with Crippen LogP contribution in [0.5, 0.6) is 5.75 Å². The molecular formula is C18H16N2OS. The summed E-state index contributed by atoms with van der Waals surface area (Å²) in [5, 5.41) is 6.57. The van der Waals surface area contributed by atoms with Gasteiger partial charge in [0.1, 0.15) is 16.9 Å². The van der Waals surface area contributed by atoms with Crippen molar-refractivity contribution in [3.8, 4) is 27.6 Å². The van der Waals surface area contributed by atoms with Gasteiger partial charge in [-0.25, -0.2) is 4.98 Å². The number of aromatic nitrogens is 1. The molecule has 1 atom stereocenters. The highest BCUT2D eigenvalue weighted by atomic mass is 32.1. The van der Waals surface area contributed by atoms with Crippen molar-refractivity contribution in [3.05, 3.63) is 53.9 Å². The molecule has 0 fully saturated rings. The Morgan fingerprint density at radius 1 is 1.14 bits per heavy atom. The van der Waals surface area contributed by atoms with Crippen LogP contribution < -0.4 is 10.1 Å². The standard InChI is InChI=1S/C18H16N2OS/c1-12-10-19-15-9-14(7-8-17(15)21-12)16-11-22-18(20-16)13-5-3-2-4-6-13/h2-9,11-12,19H,10H2,1H3. The highest BCUT2D eigenvalue weighted by Gasteiger charge is 2.16. The molecule has 22 heavy (non-hydrogen) atoms. The number of nitrogens with one attached hydrogen (secondary N) is 1. The van der Waals surface area contributed by atoms with Crippen LogP contribution in [0.4, 0.5) is 5.69 Å². The normalized spacial score (nSPS) is 16.5. The van der Waals surface area contributed by atoms with Gasteiger partial charge in [-0.1, -0.05) is 30.3 Å². The average molecular weight is 308 g/mol. The first-order chi connectivity index (χ1) is 10.8. The van der Waals surface area contributed by atoms with Crippen molar-refractivity contribution < 1.29 is 4.74 Å². The van der Waals surface area contributed by atoms with Crippen LogP contribution in [-0.4, -0.2) is 17.6 Å². The summed E-state index contributed by atoms with van der Waals surface area (Å²) < 4.78 is 5.82. The van der Waals surface area contributed by atoms with Crippen molar-refractivity contribution in [3.63, 3.8) is 0 Å². The molecule has 0 bridgehead atoms. The quantitative estimate of drug-likeness (QED) is 0.747. The molecule has 0 saturated heterocycles. The number of hydrogen-bond donors (Lipinski definition) is 1. The van der Waals surface area contributed by atoms with Crippen LogP contribution in [-0.2, 0) is 0 Å². The Hall–Kier alpha value is -2.33. The lowest BCUT2D eigenvalue weighted by Gasteiger charge is -2.25. The number of anilines is 1. The first-order valence-electron chi connectivity index (χ1n) is 7.35. The lowest BCUT2D eigenvalue weighted by atomic mass is 10.1. The van der Waals surface area contributed by atoms with Crippen molar-refractivity contribution in [1.82, 2.24) is 4.98 Å². The molecule has 2 aromatic carbocycles. The minimum atomic E-state index is 0.210. The number of ether oxygens (including phenoxy) is 1. The lowest BCUT2D eigenvalue weighted by molar-refractivity contribution is 0.226. The molecule has 1 aromatic heterocycles. The Labute approximate surface area is 133 Å². The van der Waals surface area contributed by atoms with Gasteiger partial charge in [-0.2, -0.15) is 0 Å². The number of fused-ring (bicyclic) bond motifs is 1. The Bertz CT molecular complexity index is 798. The van der Waals surface area contributed by atoms with Gasteiger partial charge < -0.3 is 10.1 Å². The summed E-state index contributed by atoms with van der Waals surface area (Å²) in [5.74, 6) is 0.918. The monoisotopic (exact) mass is 308 g/mol. The maximum atomic E-state index is 5.82. The third kappa shape index (κ3) is 2.46. The van der Waals surface area contributed by atoms with E-state index in [1.807, 2.05) is 24.3 Å². The van der Waals surface area contributed by atoms with Gasteiger partial charge in [0.2, 0.25) is 0 Å². The Morgan fingerprint density at radius 3 is 2.86 bits per heavy atom. The zero-order valence-corrected chi connectivity index (χ0v) is 13.1. The van der Waals surface area contributed by atoms with Crippen LogP contribution in [0.3, 0.4) is 0 Å². The Kier molecular flexibility index (Phi) is 3.31. The molecule has 3 aromatic rings. The van der Waals surface area contributed by atoms with Gasteiger partial charge in [0.25, 0.3) is 0 Å². The third-order valence-electron chi connectivity index (χ3n) is 3.71. The summed E-state index contributed by atoms with van der Waals surface area (Å²) >= 11 is 1.67. The van der Waals surface area contributed by atoms with Crippen molar-refractivity contribution in [1.29, 1.82) is 0 Å². The molecule has 3 nitrogen and oxygen atoms in total. The number of benzene rings is 2. The number of thiazole rings is 1.